The van der Waals surface area contributed by atoms with Gasteiger partial charge in [0.15, 0.2) is 0 Å². The molecule has 1 amide bonds. The highest BCUT2D eigenvalue weighted by Gasteiger charge is 2.48. The number of hydrogen-bond donors (Lipinski definition) is 4. The lowest BCUT2D eigenvalue weighted by Gasteiger charge is -2.44. The fraction of sp³-hybridized carbons (Fsp3) is 0.944. The van der Waals surface area contributed by atoms with Gasteiger partial charge in [0.1, 0.15) is 29.9 Å². The zero-order valence-electron chi connectivity index (χ0n) is 16.4. The Labute approximate surface area is 170 Å². The monoisotopic (exact) mass is 424 g/mol. The van der Waals surface area contributed by atoms with Gasteiger partial charge in [-0.2, -0.15) is 0 Å². The van der Waals surface area contributed by atoms with Crippen molar-refractivity contribution in [1.29, 1.82) is 0 Å². The average Bonchev–Trinajstić information content (AvgIpc) is 2.99. The van der Waals surface area contributed by atoms with Gasteiger partial charge in [-0.3, -0.25) is 9.69 Å². The molecule has 0 aliphatic carbocycles. The first-order valence-electron chi connectivity index (χ1n) is 9.58. The number of nitrogens with one attached hydrogen (secondary N) is 1. The third-order valence-electron chi connectivity index (χ3n) is 5.63. The molecule has 0 aromatic heterocycles. The number of thioether (sulfide) groups is 1. The molecule has 0 aromatic carbocycles. The molecular weight excluding hydrogens is 392 g/mol. The number of carbonyl (C=O) groups excluding carboxylic acids is 1. The number of ether oxygens (including phenoxy) is 1. The first-order chi connectivity index (χ1) is 12.7. The fourth-order valence-corrected chi connectivity index (χ4v) is 5.00. The van der Waals surface area contributed by atoms with Crippen LogP contribution in [-0.2, 0) is 9.53 Å². The second-order valence-corrected chi connectivity index (χ2v) is 9.36. The Hall–Kier alpha value is -0.0900. The van der Waals surface area contributed by atoms with Gasteiger partial charge in [0.25, 0.3) is 0 Å². The predicted molar refractivity (Wildman–Crippen MR) is 107 cm³/mol. The van der Waals surface area contributed by atoms with Crippen LogP contribution in [0.25, 0.3) is 0 Å². The molecule has 7 nitrogen and oxygen atoms in total. The van der Waals surface area contributed by atoms with E-state index in [1.807, 2.05) is 11.9 Å². The number of alkyl halides is 1. The summed E-state index contributed by atoms with van der Waals surface area (Å²) in [4.78, 5) is 14.9. The summed E-state index contributed by atoms with van der Waals surface area (Å²) >= 11 is 7.55. The molecule has 2 saturated heterocycles. The fourth-order valence-electron chi connectivity index (χ4n) is 4.11. The number of amides is 1. The van der Waals surface area contributed by atoms with Crippen molar-refractivity contribution in [2.45, 2.75) is 80.4 Å². The number of aliphatic hydroxyl groups is 3. The van der Waals surface area contributed by atoms with E-state index in [9.17, 15) is 20.1 Å². The quantitative estimate of drug-likeness (QED) is 0.438. The van der Waals surface area contributed by atoms with Crippen molar-refractivity contribution in [1.82, 2.24) is 10.2 Å². The van der Waals surface area contributed by atoms with Gasteiger partial charge in [-0.05, 0) is 39.0 Å². The van der Waals surface area contributed by atoms with E-state index in [2.05, 4.69) is 12.2 Å². The Morgan fingerprint density at radius 2 is 2.00 bits per heavy atom. The van der Waals surface area contributed by atoms with E-state index in [1.54, 1.807) is 13.2 Å². The van der Waals surface area contributed by atoms with Crippen LogP contribution in [-0.4, -0.2) is 93.3 Å². The largest absolute Gasteiger partial charge is 0.388 e. The molecule has 2 rings (SSSR count). The smallest absolute Gasteiger partial charge is 0.237 e. The number of hydrogen-bond acceptors (Lipinski definition) is 7. The molecule has 0 saturated carbocycles. The average molecular weight is 425 g/mol. The summed E-state index contributed by atoms with van der Waals surface area (Å²) in [5, 5.41) is 33.0. The normalized spacial score (nSPS) is 39.9. The molecule has 2 aliphatic rings. The number of rotatable bonds is 7. The summed E-state index contributed by atoms with van der Waals surface area (Å²) in [7, 11) is 1.94. The van der Waals surface area contributed by atoms with Crippen molar-refractivity contribution in [3.8, 4) is 0 Å². The lowest BCUT2D eigenvalue weighted by atomic mass is 9.92. The molecule has 0 spiro atoms. The maximum absolute atomic E-state index is 12.9. The van der Waals surface area contributed by atoms with Gasteiger partial charge >= 0.3 is 0 Å². The lowest BCUT2D eigenvalue weighted by Crippen LogP contribution is -2.65. The third kappa shape index (κ3) is 5.29. The van der Waals surface area contributed by atoms with Crippen LogP contribution in [0.5, 0.6) is 0 Å². The summed E-state index contributed by atoms with van der Waals surface area (Å²) in [6, 6.07) is -0.934. The first kappa shape index (κ1) is 23.2. The maximum atomic E-state index is 12.9. The van der Waals surface area contributed by atoms with Crippen LogP contribution in [0.2, 0.25) is 0 Å². The van der Waals surface area contributed by atoms with Crippen molar-refractivity contribution in [3.05, 3.63) is 0 Å². The van der Waals surface area contributed by atoms with Gasteiger partial charge in [0, 0.05) is 6.54 Å². The molecule has 2 aliphatic heterocycles. The predicted octanol–water partition coefficient (Wildman–Crippen LogP) is 0.390. The molecule has 0 radical (unpaired) electrons. The molecule has 27 heavy (non-hydrogen) atoms. The number of carbonyl (C=O) groups is 1. The van der Waals surface area contributed by atoms with Gasteiger partial charge < -0.3 is 25.4 Å². The van der Waals surface area contributed by atoms with Gasteiger partial charge in [0.2, 0.25) is 5.91 Å². The van der Waals surface area contributed by atoms with Crippen LogP contribution in [0.15, 0.2) is 0 Å². The Kier molecular flexibility index (Phi) is 8.67. The molecular formula is C18H33ClN2O5S. The molecule has 4 N–H and O–H groups in total. The van der Waals surface area contributed by atoms with Gasteiger partial charge in [-0.15, -0.1) is 23.4 Å². The lowest BCUT2D eigenvalue weighted by molar-refractivity contribution is -0.205. The number of nitrogens with zero attached hydrogens (tertiary/aromatic N) is 1. The highest BCUT2D eigenvalue weighted by molar-refractivity contribution is 7.99. The molecule has 2 heterocycles. The summed E-state index contributed by atoms with van der Waals surface area (Å²) in [6.45, 7) is 4.74. The summed E-state index contributed by atoms with van der Waals surface area (Å²) in [5.41, 5.74) is -0.702. The van der Waals surface area contributed by atoms with Crippen molar-refractivity contribution in [2.75, 3.05) is 19.8 Å². The van der Waals surface area contributed by atoms with E-state index in [-0.39, 0.29) is 11.9 Å². The zero-order valence-corrected chi connectivity index (χ0v) is 18.0. The molecule has 9 atom stereocenters. The summed E-state index contributed by atoms with van der Waals surface area (Å²) in [6.07, 6.45) is -0.0980. The second kappa shape index (κ2) is 10.1. The van der Waals surface area contributed by atoms with E-state index < -0.39 is 41.3 Å². The SMILES string of the molecule is CCC[C@@H]1C[C@@H](C(=O)N[C@@H](C2O[C@H](SC)[C@H](O)[C@@H](O)[C@H]2O)[C@H](C)Cl)N(C)C1. The van der Waals surface area contributed by atoms with Gasteiger partial charge in [-0.1, -0.05) is 13.3 Å². The Morgan fingerprint density at radius 1 is 1.33 bits per heavy atom. The highest BCUT2D eigenvalue weighted by Crippen LogP contribution is 2.31. The Balaban J connectivity index is 2.09. The van der Waals surface area contributed by atoms with E-state index in [1.165, 1.54) is 11.8 Å². The minimum Gasteiger partial charge on any atom is -0.388 e. The molecule has 0 aromatic rings. The Bertz CT molecular complexity index is 498. The number of aliphatic hydroxyl groups excluding tert-OH is 3. The van der Waals surface area contributed by atoms with Gasteiger partial charge in [-0.25, -0.2) is 0 Å². The topological polar surface area (TPSA) is 102 Å². The van der Waals surface area contributed by atoms with Gasteiger partial charge in [0.05, 0.1) is 17.5 Å². The van der Waals surface area contributed by atoms with E-state index in [4.69, 9.17) is 16.3 Å². The Morgan fingerprint density at radius 3 is 2.56 bits per heavy atom. The van der Waals surface area contributed by atoms with Crippen molar-refractivity contribution >= 4 is 29.3 Å². The number of likely N-dealkylation sites (tertiary alicyclic amines) is 1. The molecule has 9 heteroatoms. The van der Waals surface area contributed by atoms with Crippen molar-refractivity contribution in [3.63, 3.8) is 0 Å². The van der Waals surface area contributed by atoms with E-state index >= 15 is 0 Å². The summed E-state index contributed by atoms with van der Waals surface area (Å²) < 4.78 is 5.79. The van der Waals surface area contributed by atoms with Crippen molar-refractivity contribution < 1.29 is 24.9 Å². The first-order valence-corrected chi connectivity index (χ1v) is 11.3. The van der Waals surface area contributed by atoms with Crippen molar-refractivity contribution in [2.24, 2.45) is 5.92 Å². The molecule has 0 bridgehead atoms. The standard InChI is InChI=1S/C18H33ClN2O5S/c1-5-6-10-7-11(21(3)8-10)17(25)20-12(9(2)19)16-14(23)13(22)15(24)18(26-16)27-4/h9-16,18,22-24H,5-8H2,1-4H3,(H,20,25)/t9-,10+,11-,12+,13-,14+,15+,16?,18+/m0/s1. The minimum atomic E-state index is -1.36. The van der Waals surface area contributed by atoms with Crippen LogP contribution < -0.4 is 5.32 Å². The third-order valence-corrected chi connectivity index (χ3v) is 6.76. The zero-order chi connectivity index (χ0) is 20.3. The number of halogens is 1. The number of likely N-dealkylation sites (N-methyl/N-ethyl adjacent to an activating group) is 1. The van der Waals surface area contributed by atoms with Crippen LogP contribution >= 0.6 is 23.4 Å². The summed E-state index contributed by atoms with van der Waals surface area (Å²) in [5.74, 6) is 0.350. The van der Waals surface area contributed by atoms with Crippen LogP contribution in [0.3, 0.4) is 0 Å². The van der Waals surface area contributed by atoms with E-state index in [0.717, 1.165) is 25.8 Å². The maximum Gasteiger partial charge on any atom is 0.237 e. The van der Waals surface area contributed by atoms with E-state index in [0.29, 0.717) is 5.92 Å². The second-order valence-electron chi connectivity index (χ2n) is 7.73. The van der Waals surface area contributed by atoms with Crippen LogP contribution in [0.4, 0.5) is 0 Å². The molecule has 1 unspecified atom stereocenters. The van der Waals surface area contributed by atoms with Crippen LogP contribution in [0, 0.1) is 5.92 Å². The highest BCUT2D eigenvalue weighted by atomic mass is 35.5. The molecule has 2 fully saturated rings. The molecule has 158 valence electrons. The van der Waals surface area contributed by atoms with Crippen LogP contribution in [0.1, 0.15) is 33.1 Å². The minimum absolute atomic E-state index is 0.147.